The Balaban J connectivity index is 1.35. The van der Waals surface area contributed by atoms with Gasteiger partial charge >= 0.3 is 0 Å². The zero-order valence-electron chi connectivity index (χ0n) is 28.9. The predicted octanol–water partition coefficient (Wildman–Crippen LogP) is 13.9. The lowest BCUT2D eigenvalue weighted by molar-refractivity contribution is 0.285. The number of halogens is 2. The van der Waals surface area contributed by atoms with E-state index in [-0.39, 0.29) is 11.3 Å². The third-order valence-corrected chi connectivity index (χ3v) is 8.95. The first-order valence-corrected chi connectivity index (χ1v) is 18.6. The molecule has 0 aliphatic rings. The Labute approximate surface area is 279 Å². The Morgan fingerprint density at radius 1 is 0.391 bits per heavy atom. The molecule has 0 radical (unpaired) electrons. The van der Waals surface area contributed by atoms with Crippen molar-refractivity contribution in [2.75, 3.05) is 13.2 Å². The maximum absolute atomic E-state index is 15.0. The highest BCUT2D eigenvalue weighted by molar-refractivity contribution is 5.71. The molecule has 254 valence electrons. The molecular weight excluding hydrogens is 574 g/mol. The lowest BCUT2D eigenvalue weighted by atomic mass is 9.99. The average Bonchev–Trinajstić information content (AvgIpc) is 3.08. The van der Waals surface area contributed by atoms with Gasteiger partial charge in [0.2, 0.25) is 5.82 Å². The van der Waals surface area contributed by atoms with Gasteiger partial charge in [-0.3, -0.25) is 0 Å². The first kappa shape index (κ1) is 37.6. The standard InChI is InChI=1S/C42H60F2O2/c1-3-5-7-9-11-13-15-17-19-21-33-45-38-29-27-36(28-30-38)35-23-25-37(26-24-35)39-31-32-40(42(44)41(39)43)46-34-22-20-18-16-14-12-10-8-6-4-2/h23-32H,3-22,33-34H2,1-2H3. The third-order valence-electron chi connectivity index (χ3n) is 8.95. The molecular formula is C42H60F2O2. The molecule has 0 fully saturated rings. The van der Waals surface area contributed by atoms with Crippen LogP contribution in [0.15, 0.2) is 60.7 Å². The van der Waals surface area contributed by atoms with Crippen molar-refractivity contribution in [1.29, 1.82) is 0 Å². The second-order valence-electron chi connectivity index (χ2n) is 12.9. The van der Waals surface area contributed by atoms with Crippen molar-refractivity contribution in [3.63, 3.8) is 0 Å². The number of ether oxygens (including phenoxy) is 2. The summed E-state index contributed by atoms with van der Waals surface area (Å²) < 4.78 is 41.4. The van der Waals surface area contributed by atoms with E-state index >= 15 is 4.39 Å². The van der Waals surface area contributed by atoms with Gasteiger partial charge in [0.25, 0.3) is 0 Å². The molecule has 0 heterocycles. The summed E-state index contributed by atoms with van der Waals surface area (Å²) in [4.78, 5) is 0. The fraction of sp³-hybridized carbons (Fsp3) is 0.571. The molecule has 46 heavy (non-hydrogen) atoms. The average molecular weight is 635 g/mol. The normalized spacial score (nSPS) is 11.2. The smallest absolute Gasteiger partial charge is 0.201 e. The molecule has 0 amide bonds. The number of hydrogen-bond donors (Lipinski definition) is 0. The first-order valence-electron chi connectivity index (χ1n) is 18.6. The second kappa shape index (κ2) is 23.4. The molecule has 0 saturated carbocycles. The van der Waals surface area contributed by atoms with Gasteiger partial charge in [0.15, 0.2) is 11.6 Å². The molecule has 0 aliphatic heterocycles. The van der Waals surface area contributed by atoms with E-state index in [0.717, 1.165) is 42.7 Å². The van der Waals surface area contributed by atoms with Crippen LogP contribution in [0.3, 0.4) is 0 Å². The zero-order chi connectivity index (χ0) is 32.7. The molecule has 3 aromatic carbocycles. The monoisotopic (exact) mass is 634 g/mol. The van der Waals surface area contributed by atoms with Crippen molar-refractivity contribution in [2.45, 2.75) is 142 Å². The van der Waals surface area contributed by atoms with Crippen LogP contribution in [-0.4, -0.2) is 13.2 Å². The van der Waals surface area contributed by atoms with E-state index < -0.39 is 11.6 Å². The van der Waals surface area contributed by atoms with Crippen molar-refractivity contribution < 1.29 is 18.3 Å². The van der Waals surface area contributed by atoms with Crippen LogP contribution in [0, 0.1) is 11.6 Å². The van der Waals surface area contributed by atoms with Crippen molar-refractivity contribution in [2.24, 2.45) is 0 Å². The summed E-state index contributed by atoms with van der Waals surface area (Å²) in [7, 11) is 0. The quantitative estimate of drug-likeness (QED) is 0.0818. The van der Waals surface area contributed by atoms with Gasteiger partial charge in [-0.15, -0.1) is 0 Å². The molecule has 4 heteroatoms. The van der Waals surface area contributed by atoms with Crippen LogP contribution < -0.4 is 9.47 Å². The molecule has 0 saturated heterocycles. The van der Waals surface area contributed by atoms with Crippen molar-refractivity contribution in [3.8, 4) is 33.8 Å². The van der Waals surface area contributed by atoms with Gasteiger partial charge in [-0.25, -0.2) is 4.39 Å². The Hall–Kier alpha value is -2.88. The number of hydrogen-bond acceptors (Lipinski definition) is 2. The fourth-order valence-corrected chi connectivity index (χ4v) is 6.00. The van der Waals surface area contributed by atoms with Gasteiger partial charge < -0.3 is 9.47 Å². The van der Waals surface area contributed by atoms with Crippen LogP contribution >= 0.6 is 0 Å². The van der Waals surface area contributed by atoms with E-state index in [1.807, 2.05) is 48.5 Å². The van der Waals surface area contributed by atoms with Gasteiger partial charge in [-0.05, 0) is 53.8 Å². The van der Waals surface area contributed by atoms with Crippen molar-refractivity contribution in [3.05, 3.63) is 72.3 Å². The van der Waals surface area contributed by atoms with E-state index in [1.54, 1.807) is 12.1 Å². The van der Waals surface area contributed by atoms with Gasteiger partial charge in [0.1, 0.15) is 5.75 Å². The molecule has 0 atom stereocenters. The van der Waals surface area contributed by atoms with Crippen LogP contribution in [0.4, 0.5) is 8.78 Å². The lowest BCUT2D eigenvalue weighted by Crippen LogP contribution is -2.01. The largest absolute Gasteiger partial charge is 0.494 e. The molecule has 0 aromatic heterocycles. The zero-order valence-corrected chi connectivity index (χ0v) is 28.9. The minimum absolute atomic E-state index is 0.00994. The lowest BCUT2D eigenvalue weighted by Gasteiger charge is -2.11. The molecule has 2 nitrogen and oxygen atoms in total. The van der Waals surface area contributed by atoms with Gasteiger partial charge in [0.05, 0.1) is 13.2 Å². The maximum Gasteiger partial charge on any atom is 0.201 e. The van der Waals surface area contributed by atoms with Crippen LogP contribution in [0.2, 0.25) is 0 Å². The van der Waals surface area contributed by atoms with Gasteiger partial charge in [-0.1, -0.05) is 166 Å². The van der Waals surface area contributed by atoms with Crippen LogP contribution in [-0.2, 0) is 0 Å². The molecule has 0 aliphatic carbocycles. The van der Waals surface area contributed by atoms with Crippen LogP contribution in [0.25, 0.3) is 22.3 Å². The van der Waals surface area contributed by atoms with E-state index in [1.165, 1.54) is 109 Å². The predicted molar refractivity (Wildman–Crippen MR) is 192 cm³/mol. The summed E-state index contributed by atoms with van der Waals surface area (Å²) in [5.74, 6) is -0.909. The highest BCUT2D eigenvalue weighted by atomic mass is 19.2. The highest BCUT2D eigenvalue weighted by Gasteiger charge is 2.16. The number of benzene rings is 3. The summed E-state index contributed by atoms with van der Waals surface area (Å²) in [5.41, 5.74) is 2.95. The summed E-state index contributed by atoms with van der Waals surface area (Å²) in [6.07, 6.45) is 25.4. The SMILES string of the molecule is CCCCCCCCCCCCOc1ccc(-c2ccc(-c3ccc(OCCCCCCCCCCCC)c(F)c3F)cc2)cc1. The Bertz CT molecular complexity index is 1190. The van der Waals surface area contributed by atoms with E-state index in [4.69, 9.17) is 9.47 Å². The van der Waals surface area contributed by atoms with Gasteiger partial charge in [-0.2, -0.15) is 4.39 Å². The molecule has 0 bridgehead atoms. The Morgan fingerprint density at radius 3 is 1.26 bits per heavy atom. The molecule has 0 unspecified atom stereocenters. The summed E-state index contributed by atoms with van der Waals surface area (Å²) >= 11 is 0. The van der Waals surface area contributed by atoms with Gasteiger partial charge in [0, 0.05) is 5.56 Å². The minimum atomic E-state index is -0.915. The molecule has 0 N–H and O–H groups in total. The maximum atomic E-state index is 15.0. The summed E-state index contributed by atoms with van der Waals surface area (Å²) in [6.45, 7) is 5.66. The Morgan fingerprint density at radius 2 is 0.783 bits per heavy atom. The Kier molecular flexibility index (Phi) is 19.1. The van der Waals surface area contributed by atoms with E-state index in [9.17, 15) is 4.39 Å². The topological polar surface area (TPSA) is 18.5 Å². The molecule has 0 spiro atoms. The third kappa shape index (κ3) is 14.3. The number of rotatable bonds is 26. The van der Waals surface area contributed by atoms with Crippen LogP contribution in [0.1, 0.15) is 142 Å². The van der Waals surface area contributed by atoms with Crippen LogP contribution in [0.5, 0.6) is 11.5 Å². The first-order chi connectivity index (χ1) is 22.6. The second-order valence-corrected chi connectivity index (χ2v) is 12.9. The summed E-state index contributed by atoms with van der Waals surface area (Å²) in [6, 6.07) is 18.8. The van der Waals surface area contributed by atoms with E-state index in [0.29, 0.717) is 12.2 Å². The highest BCUT2D eigenvalue weighted by Crippen LogP contribution is 2.32. The fourth-order valence-electron chi connectivity index (χ4n) is 6.00. The van der Waals surface area contributed by atoms with E-state index in [2.05, 4.69) is 13.8 Å². The van der Waals surface area contributed by atoms with Crippen molar-refractivity contribution in [1.82, 2.24) is 0 Å². The molecule has 3 aromatic rings. The minimum Gasteiger partial charge on any atom is -0.494 e. The van der Waals surface area contributed by atoms with Crippen molar-refractivity contribution >= 4 is 0 Å². The molecule has 3 rings (SSSR count). The summed E-state index contributed by atoms with van der Waals surface area (Å²) in [5, 5.41) is 0. The number of unbranched alkanes of at least 4 members (excludes halogenated alkanes) is 18.